The van der Waals surface area contributed by atoms with E-state index in [1.165, 1.54) is 11.1 Å². The summed E-state index contributed by atoms with van der Waals surface area (Å²) in [6.45, 7) is 10.0. The predicted octanol–water partition coefficient (Wildman–Crippen LogP) is 3.61. The van der Waals surface area contributed by atoms with Crippen LogP contribution >= 0.6 is 0 Å². The second kappa shape index (κ2) is 4.69. The van der Waals surface area contributed by atoms with Gasteiger partial charge in [-0.1, -0.05) is 26.0 Å². The molecular formula is C14H20O2. The first-order valence-electron chi connectivity index (χ1n) is 5.68. The predicted molar refractivity (Wildman–Crippen MR) is 66.1 cm³/mol. The minimum Gasteiger partial charge on any atom is -0.481 e. The minimum absolute atomic E-state index is 0.430. The van der Waals surface area contributed by atoms with Gasteiger partial charge in [0, 0.05) is 0 Å². The van der Waals surface area contributed by atoms with E-state index in [-0.39, 0.29) is 0 Å². The lowest BCUT2D eigenvalue weighted by atomic mass is 9.88. The summed E-state index contributed by atoms with van der Waals surface area (Å²) < 4.78 is 0. The van der Waals surface area contributed by atoms with Crippen LogP contribution in [0.15, 0.2) is 12.1 Å². The summed E-state index contributed by atoms with van der Waals surface area (Å²) in [7, 11) is 0. The van der Waals surface area contributed by atoms with Crippen molar-refractivity contribution in [3.05, 3.63) is 34.4 Å². The van der Waals surface area contributed by atoms with E-state index in [2.05, 4.69) is 19.9 Å². The topological polar surface area (TPSA) is 37.3 Å². The Hall–Kier alpha value is -1.31. The number of aryl methyl sites for hydroxylation is 1. The first-order chi connectivity index (χ1) is 7.34. The number of carbonyl (C=O) groups is 1. The average molecular weight is 220 g/mol. The summed E-state index contributed by atoms with van der Waals surface area (Å²) >= 11 is 0. The molecular weight excluding hydrogens is 200 g/mol. The van der Waals surface area contributed by atoms with Gasteiger partial charge in [-0.25, -0.2) is 0 Å². The number of hydrogen-bond donors (Lipinski definition) is 1. The first kappa shape index (κ1) is 12.8. The fraction of sp³-hybridized carbons (Fsp3) is 0.500. The summed E-state index contributed by atoms with van der Waals surface area (Å²) in [6, 6.07) is 4.18. The van der Waals surface area contributed by atoms with Gasteiger partial charge in [0.1, 0.15) is 0 Å². The van der Waals surface area contributed by atoms with Crippen LogP contribution < -0.4 is 0 Å². The highest BCUT2D eigenvalue weighted by molar-refractivity contribution is 5.76. The van der Waals surface area contributed by atoms with Crippen LogP contribution in [-0.4, -0.2) is 11.1 Å². The first-order valence-corrected chi connectivity index (χ1v) is 5.68. The average Bonchev–Trinajstić information content (AvgIpc) is 2.20. The van der Waals surface area contributed by atoms with Crippen molar-refractivity contribution in [2.24, 2.45) is 0 Å². The molecule has 2 nitrogen and oxygen atoms in total. The Labute approximate surface area is 97.3 Å². The molecule has 1 atom stereocenters. The van der Waals surface area contributed by atoms with Crippen LogP contribution in [0.3, 0.4) is 0 Å². The van der Waals surface area contributed by atoms with Gasteiger partial charge in [-0.2, -0.15) is 0 Å². The Morgan fingerprint density at radius 2 is 1.75 bits per heavy atom. The fourth-order valence-corrected chi connectivity index (χ4v) is 1.83. The molecule has 0 radical (unpaired) electrons. The van der Waals surface area contributed by atoms with Gasteiger partial charge in [0.05, 0.1) is 5.92 Å². The van der Waals surface area contributed by atoms with Gasteiger partial charge in [0.15, 0.2) is 0 Å². The largest absolute Gasteiger partial charge is 0.481 e. The molecule has 0 aliphatic rings. The molecule has 0 heterocycles. The highest BCUT2D eigenvalue weighted by Gasteiger charge is 2.18. The highest BCUT2D eigenvalue weighted by atomic mass is 16.4. The van der Waals surface area contributed by atoms with E-state index in [0.29, 0.717) is 5.92 Å². The van der Waals surface area contributed by atoms with Crippen molar-refractivity contribution in [2.45, 2.75) is 46.5 Å². The van der Waals surface area contributed by atoms with Crippen molar-refractivity contribution in [1.82, 2.24) is 0 Å². The molecule has 88 valence electrons. The number of hydrogen-bond acceptors (Lipinski definition) is 1. The standard InChI is InChI=1S/C14H20O2/c1-8(2)12-6-9(3)10(4)13(7-12)11(5)14(15)16/h6-8,11H,1-5H3,(H,15,16). The molecule has 0 saturated carbocycles. The van der Waals surface area contributed by atoms with E-state index in [4.69, 9.17) is 5.11 Å². The van der Waals surface area contributed by atoms with Gasteiger partial charge >= 0.3 is 5.97 Å². The molecule has 1 N–H and O–H groups in total. The van der Waals surface area contributed by atoms with Crippen LogP contribution in [0, 0.1) is 13.8 Å². The van der Waals surface area contributed by atoms with Crippen LogP contribution in [0.25, 0.3) is 0 Å². The second-order valence-corrected chi connectivity index (χ2v) is 4.77. The van der Waals surface area contributed by atoms with Gasteiger partial charge in [-0.05, 0) is 48.9 Å². The lowest BCUT2D eigenvalue weighted by Crippen LogP contribution is -2.10. The maximum atomic E-state index is 11.0. The second-order valence-electron chi connectivity index (χ2n) is 4.77. The maximum absolute atomic E-state index is 11.0. The van der Waals surface area contributed by atoms with Crippen LogP contribution in [0.1, 0.15) is 54.9 Å². The summed E-state index contributed by atoms with van der Waals surface area (Å²) in [4.78, 5) is 11.0. The molecule has 1 unspecified atom stereocenters. The van der Waals surface area contributed by atoms with E-state index in [9.17, 15) is 4.79 Å². The quantitative estimate of drug-likeness (QED) is 0.844. The van der Waals surface area contributed by atoms with Crippen LogP contribution in [0.5, 0.6) is 0 Å². The lowest BCUT2D eigenvalue weighted by Gasteiger charge is -2.16. The molecule has 0 aliphatic carbocycles. The molecule has 1 rings (SSSR count). The highest BCUT2D eigenvalue weighted by Crippen LogP contribution is 2.27. The van der Waals surface area contributed by atoms with Crippen molar-refractivity contribution in [3.63, 3.8) is 0 Å². The van der Waals surface area contributed by atoms with Crippen molar-refractivity contribution in [3.8, 4) is 0 Å². The third-order valence-corrected chi connectivity index (χ3v) is 3.23. The molecule has 1 aromatic rings. The Balaban J connectivity index is 3.32. The number of rotatable bonds is 3. The molecule has 0 amide bonds. The third kappa shape index (κ3) is 2.43. The monoisotopic (exact) mass is 220 g/mol. The molecule has 16 heavy (non-hydrogen) atoms. The Bertz CT molecular complexity index is 405. The molecule has 0 spiro atoms. The smallest absolute Gasteiger partial charge is 0.310 e. The van der Waals surface area contributed by atoms with Crippen molar-refractivity contribution in [2.75, 3.05) is 0 Å². The van der Waals surface area contributed by atoms with Crippen LogP contribution in [-0.2, 0) is 4.79 Å². The molecule has 0 saturated heterocycles. The normalized spacial score (nSPS) is 12.9. The van der Waals surface area contributed by atoms with Gasteiger partial charge < -0.3 is 5.11 Å². The van der Waals surface area contributed by atoms with E-state index < -0.39 is 11.9 Å². The molecule has 0 fully saturated rings. The summed E-state index contributed by atoms with van der Waals surface area (Å²) in [5.74, 6) is -0.764. The Kier molecular flexibility index (Phi) is 3.74. The summed E-state index contributed by atoms with van der Waals surface area (Å²) in [6.07, 6.45) is 0. The zero-order valence-corrected chi connectivity index (χ0v) is 10.7. The summed E-state index contributed by atoms with van der Waals surface area (Å²) in [5.41, 5.74) is 4.43. The van der Waals surface area contributed by atoms with Crippen molar-refractivity contribution < 1.29 is 9.90 Å². The van der Waals surface area contributed by atoms with Crippen molar-refractivity contribution in [1.29, 1.82) is 0 Å². The SMILES string of the molecule is Cc1cc(C(C)C)cc(C(C)C(=O)O)c1C. The van der Waals surface area contributed by atoms with E-state index in [1.54, 1.807) is 6.92 Å². The van der Waals surface area contributed by atoms with Crippen molar-refractivity contribution >= 4 is 5.97 Å². The molecule has 0 aromatic heterocycles. The number of carboxylic acid groups (broad SMARTS) is 1. The zero-order valence-electron chi connectivity index (χ0n) is 10.7. The molecule has 2 heteroatoms. The van der Waals surface area contributed by atoms with Crippen LogP contribution in [0.4, 0.5) is 0 Å². The number of benzene rings is 1. The number of aliphatic carboxylic acids is 1. The fourth-order valence-electron chi connectivity index (χ4n) is 1.83. The van der Waals surface area contributed by atoms with E-state index >= 15 is 0 Å². The molecule has 0 aliphatic heterocycles. The van der Waals surface area contributed by atoms with Crippen LogP contribution in [0.2, 0.25) is 0 Å². The third-order valence-electron chi connectivity index (χ3n) is 3.23. The van der Waals surface area contributed by atoms with Gasteiger partial charge in [-0.3, -0.25) is 4.79 Å². The zero-order chi connectivity index (χ0) is 12.5. The van der Waals surface area contributed by atoms with Gasteiger partial charge in [0.25, 0.3) is 0 Å². The Morgan fingerprint density at radius 1 is 1.19 bits per heavy atom. The van der Waals surface area contributed by atoms with E-state index in [0.717, 1.165) is 11.1 Å². The summed E-state index contributed by atoms with van der Waals surface area (Å²) in [5, 5.41) is 9.08. The Morgan fingerprint density at radius 3 is 2.19 bits per heavy atom. The molecule has 0 bridgehead atoms. The molecule has 1 aromatic carbocycles. The minimum atomic E-state index is -0.761. The van der Waals surface area contributed by atoms with E-state index in [1.807, 2.05) is 19.9 Å². The maximum Gasteiger partial charge on any atom is 0.310 e. The lowest BCUT2D eigenvalue weighted by molar-refractivity contribution is -0.138. The van der Waals surface area contributed by atoms with Gasteiger partial charge in [-0.15, -0.1) is 0 Å². The number of carboxylic acids is 1. The van der Waals surface area contributed by atoms with Gasteiger partial charge in [0.2, 0.25) is 0 Å².